The Kier molecular flexibility index (Phi) is 3.55. The van der Waals surface area contributed by atoms with Gasteiger partial charge in [0.05, 0.1) is 20.1 Å². The van der Waals surface area contributed by atoms with Crippen molar-refractivity contribution in [3.63, 3.8) is 0 Å². The molecule has 1 N–H and O–H groups in total. The highest BCUT2D eigenvalue weighted by atomic mass is 16.5. The lowest BCUT2D eigenvalue weighted by atomic mass is 10.00. The molecular weight excluding hydrogens is 196 g/mol. The van der Waals surface area contributed by atoms with Gasteiger partial charge in [-0.3, -0.25) is 4.79 Å². The van der Waals surface area contributed by atoms with Gasteiger partial charge in [-0.25, -0.2) is 0 Å². The van der Waals surface area contributed by atoms with Gasteiger partial charge in [0, 0.05) is 5.56 Å². The van der Waals surface area contributed by atoms with E-state index < -0.39 is 11.9 Å². The van der Waals surface area contributed by atoms with E-state index in [-0.39, 0.29) is 0 Å². The Labute approximate surface area is 88.4 Å². The Morgan fingerprint density at radius 2 is 2.00 bits per heavy atom. The maximum absolute atomic E-state index is 10.9. The molecule has 1 unspecified atom stereocenters. The fourth-order valence-electron chi connectivity index (χ4n) is 1.39. The maximum atomic E-state index is 10.9. The average Bonchev–Trinajstić information content (AvgIpc) is 2.26. The minimum atomic E-state index is -0.887. The van der Waals surface area contributed by atoms with Crippen molar-refractivity contribution in [2.24, 2.45) is 0 Å². The third-order valence-corrected chi connectivity index (χ3v) is 2.27. The van der Waals surface area contributed by atoms with Gasteiger partial charge >= 0.3 is 5.97 Å². The summed E-state index contributed by atoms with van der Waals surface area (Å²) in [5.74, 6) is -0.477. The van der Waals surface area contributed by atoms with Gasteiger partial charge in [-0.1, -0.05) is 12.1 Å². The second kappa shape index (κ2) is 4.68. The summed E-state index contributed by atoms with van der Waals surface area (Å²) in [5.41, 5.74) is 0.615. The zero-order chi connectivity index (χ0) is 11.4. The number of carboxylic acid groups (broad SMARTS) is 1. The summed E-state index contributed by atoms with van der Waals surface area (Å²) < 4.78 is 10.2. The van der Waals surface area contributed by atoms with Gasteiger partial charge in [0.25, 0.3) is 0 Å². The van der Waals surface area contributed by atoms with Gasteiger partial charge < -0.3 is 14.6 Å². The summed E-state index contributed by atoms with van der Waals surface area (Å²) in [6.45, 7) is 1.61. The molecule has 0 fully saturated rings. The van der Waals surface area contributed by atoms with Crippen LogP contribution >= 0.6 is 0 Å². The lowest BCUT2D eigenvalue weighted by Crippen LogP contribution is -2.09. The van der Waals surface area contributed by atoms with Gasteiger partial charge in [0.15, 0.2) is 11.5 Å². The van der Waals surface area contributed by atoms with Gasteiger partial charge in [-0.15, -0.1) is 0 Å². The highest BCUT2D eigenvalue weighted by Gasteiger charge is 2.20. The van der Waals surface area contributed by atoms with E-state index in [1.54, 1.807) is 25.1 Å². The number of ether oxygens (including phenoxy) is 2. The molecular formula is C11H14O4. The number of methoxy groups -OCH3 is 2. The van der Waals surface area contributed by atoms with Crippen LogP contribution in [-0.4, -0.2) is 25.3 Å². The van der Waals surface area contributed by atoms with Crippen LogP contribution in [0.2, 0.25) is 0 Å². The highest BCUT2D eigenvalue weighted by Crippen LogP contribution is 2.35. The molecule has 0 aliphatic heterocycles. The second-order valence-electron chi connectivity index (χ2n) is 3.14. The monoisotopic (exact) mass is 210 g/mol. The van der Waals surface area contributed by atoms with Gasteiger partial charge in [0.1, 0.15) is 0 Å². The fraction of sp³-hybridized carbons (Fsp3) is 0.364. The fourth-order valence-corrected chi connectivity index (χ4v) is 1.39. The molecule has 4 nitrogen and oxygen atoms in total. The molecule has 0 aromatic heterocycles. The number of carboxylic acids is 1. The quantitative estimate of drug-likeness (QED) is 0.824. The van der Waals surface area contributed by atoms with E-state index in [0.717, 1.165) is 0 Å². The molecule has 0 bridgehead atoms. The average molecular weight is 210 g/mol. The third-order valence-electron chi connectivity index (χ3n) is 2.27. The standard InChI is InChI=1S/C11H14O4/c1-7(11(12)13)8-5-4-6-9(14-2)10(8)15-3/h4-7H,1-3H3,(H,12,13). The molecule has 1 aromatic rings. The molecule has 82 valence electrons. The lowest BCUT2D eigenvalue weighted by Gasteiger charge is -2.14. The van der Waals surface area contributed by atoms with E-state index in [1.807, 2.05) is 0 Å². The van der Waals surface area contributed by atoms with Crippen molar-refractivity contribution in [1.82, 2.24) is 0 Å². The first-order valence-electron chi connectivity index (χ1n) is 4.55. The summed E-state index contributed by atoms with van der Waals surface area (Å²) in [4.78, 5) is 10.9. The third kappa shape index (κ3) is 2.21. The smallest absolute Gasteiger partial charge is 0.310 e. The van der Waals surface area contributed by atoms with Crippen molar-refractivity contribution >= 4 is 5.97 Å². The summed E-state index contributed by atoms with van der Waals surface area (Å²) >= 11 is 0. The van der Waals surface area contributed by atoms with Gasteiger partial charge in [-0.2, -0.15) is 0 Å². The van der Waals surface area contributed by atoms with E-state index in [0.29, 0.717) is 17.1 Å². The largest absolute Gasteiger partial charge is 0.493 e. The van der Waals surface area contributed by atoms with Crippen molar-refractivity contribution in [2.75, 3.05) is 14.2 Å². The summed E-state index contributed by atoms with van der Waals surface area (Å²) in [6, 6.07) is 5.20. The molecule has 15 heavy (non-hydrogen) atoms. The van der Waals surface area contributed by atoms with Crippen LogP contribution in [0.25, 0.3) is 0 Å². The molecule has 0 amide bonds. The maximum Gasteiger partial charge on any atom is 0.310 e. The zero-order valence-corrected chi connectivity index (χ0v) is 8.98. The summed E-state index contributed by atoms with van der Waals surface area (Å²) in [5, 5.41) is 8.92. The number of benzene rings is 1. The Morgan fingerprint density at radius 1 is 1.33 bits per heavy atom. The molecule has 0 heterocycles. The lowest BCUT2D eigenvalue weighted by molar-refractivity contribution is -0.138. The molecule has 0 radical (unpaired) electrons. The van der Waals surface area contributed by atoms with Crippen molar-refractivity contribution in [2.45, 2.75) is 12.8 Å². The van der Waals surface area contributed by atoms with E-state index in [9.17, 15) is 4.79 Å². The van der Waals surface area contributed by atoms with Crippen molar-refractivity contribution in [1.29, 1.82) is 0 Å². The number of rotatable bonds is 4. The van der Waals surface area contributed by atoms with Crippen molar-refractivity contribution < 1.29 is 19.4 Å². The van der Waals surface area contributed by atoms with Crippen LogP contribution in [0.3, 0.4) is 0 Å². The summed E-state index contributed by atoms with van der Waals surface area (Å²) in [6.07, 6.45) is 0. The number of aliphatic carboxylic acids is 1. The number of hydrogen-bond donors (Lipinski definition) is 1. The van der Waals surface area contributed by atoms with Crippen LogP contribution in [0.5, 0.6) is 11.5 Å². The first-order chi connectivity index (χ1) is 7.11. The van der Waals surface area contributed by atoms with Crippen LogP contribution in [0.1, 0.15) is 18.4 Å². The molecule has 1 atom stereocenters. The molecule has 1 rings (SSSR count). The minimum Gasteiger partial charge on any atom is -0.493 e. The Hall–Kier alpha value is -1.71. The Balaban J connectivity index is 3.22. The SMILES string of the molecule is COc1cccc(C(C)C(=O)O)c1OC. The van der Waals surface area contributed by atoms with Crippen LogP contribution in [0.15, 0.2) is 18.2 Å². The first-order valence-corrected chi connectivity index (χ1v) is 4.55. The van der Waals surface area contributed by atoms with E-state index in [1.165, 1.54) is 14.2 Å². The molecule has 0 aliphatic rings. The van der Waals surface area contributed by atoms with Crippen LogP contribution in [-0.2, 0) is 4.79 Å². The molecule has 0 aliphatic carbocycles. The highest BCUT2D eigenvalue weighted by molar-refractivity contribution is 5.77. The molecule has 4 heteroatoms. The van der Waals surface area contributed by atoms with E-state index >= 15 is 0 Å². The Bertz CT molecular complexity index is 360. The normalized spacial score (nSPS) is 11.9. The topological polar surface area (TPSA) is 55.8 Å². The summed E-state index contributed by atoms with van der Waals surface area (Å²) in [7, 11) is 3.02. The number of carbonyl (C=O) groups is 1. The Morgan fingerprint density at radius 3 is 2.47 bits per heavy atom. The molecule has 0 saturated carbocycles. The van der Waals surface area contributed by atoms with Crippen LogP contribution in [0.4, 0.5) is 0 Å². The van der Waals surface area contributed by atoms with Gasteiger partial charge in [-0.05, 0) is 13.0 Å². The van der Waals surface area contributed by atoms with Crippen LogP contribution in [0, 0.1) is 0 Å². The van der Waals surface area contributed by atoms with Gasteiger partial charge in [0.2, 0.25) is 0 Å². The van der Waals surface area contributed by atoms with Crippen molar-refractivity contribution in [3.05, 3.63) is 23.8 Å². The predicted molar refractivity (Wildman–Crippen MR) is 55.6 cm³/mol. The zero-order valence-electron chi connectivity index (χ0n) is 8.98. The minimum absolute atomic E-state index is 0.481. The number of hydrogen-bond acceptors (Lipinski definition) is 3. The van der Waals surface area contributed by atoms with Crippen molar-refractivity contribution in [3.8, 4) is 11.5 Å². The molecule has 1 aromatic carbocycles. The second-order valence-corrected chi connectivity index (χ2v) is 3.14. The van der Waals surface area contributed by atoms with Crippen LogP contribution < -0.4 is 9.47 Å². The molecule has 0 saturated heterocycles. The predicted octanol–water partition coefficient (Wildman–Crippen LogP) is 1.89. The first kappa shape index (κ1) is 11.4. The van der Waals surface area contributed by atoms with E-state index in [4.69, 9.17) is 14.6 Å². The van der Waals surface area contributed by atoms with E-state index in [2.05, 4.69) is 0 Å². The number of para-hydroxylation sites is 1. The molecule has 0 spiro atoms.